The van der Waals surface area contributed by atoms with Crippen molar-refractivity contribution < 1.29 is 14.3 Å². The summed E-state index contributed by atoms with van der Waals surface area (Å²) in [5.41, 5.74) is 1.36. The van der Waals surface area contributed by atoms with Crippen LogP contribution in [0.25, 0.3) is 10.9 Å². The van der Waals surface area contributed by atoms with Gasteiger partial charge in [-0.05, 0) is 37.3 Å². The first-order valence-corrected chi connectivity index (χ1v) is 9.40. The summed E-state index contributed by atoms with van der Waals surface area (Å²) in [5, 5.41) is 3.55. The van der Waals surface area contributed by atoms with Crippen molar-refractivity contribution in [1.29, 1.82) is 0 Å². The number of rotatable bonds is 7. The van der Waals surface area contributed by atoms with Gasteiger partial charge in [0.1, 0.15) is 17.3 Å². The molecule has 0 saturated carbocycles. The van der Waals surface area contributed by atoms with Crippen LogP contribution in [0.3, 0.4) is 0 Å². The van der Waals surface area contributed by atoms with Gasteiger partial charge in [-0.2, -0.15) is 0 Å². The zero-order valence-corrected chi connectivity index (χ0v) is 17.1. The van der Waals surface area contributed by atoms with Gasteiger partial charge in [0.05, 0.1) is 31.2 Å². The number of nitrogens with one attached hydrogen (secondary N) is 1. The van der Waals surface area contributed by atoms with Crippen LogP contribution in [0.15, 0.2) is 47.3 Å². The maximum atomic E-state index is 12.5. The van der Waals surface area contributed by atoms with E-state index in [1.54, 1.807) is 33.4 Å². The molecule has 1 amide bonds. The molecular formula is C22H25N3O4. The monoisotopic (exact) mass is 395 g/mol. The fraction of sp³-hybridized carbons (Fsp3) is 0.318. The Labute approximate surface area is 169 Å². The molecule has 0 spiro atoms. The molecule has 0 aliphatic heterocycles. The molecule has 0 bridgehead atoms. The highest BCUT2D eigenvalue weighted by molar-refractivity contribution is 5.78. The smallest absolute Gasteiger partial charge is 0.261 e. The van der Waals surface area contributed by atoms with Crippen molar-refractivity contribution in [3.63, 3.8) is 0 Å². The Morgan fingerprint density at radius 3 is 2.66 bits per heavy atom. The largest absolute Gasteiger partial charge is 0.497 e. The first-order chi connectivity index (χ1) is 13.9. The fourth-order valence-electron chi connectivity index (χ4n) is 3.28. The van der Waals surface area contributed by atoms with Gasteiger partial charge in [0, 0.05) is 25.5 Å². The van der Waals surface area contributed by atoms with E-state index < -0.39 is 0 Å². The van der Waals surface area contributed by atoms with E-state index in [1.807, 2.05) is 37.3 Å². The molecule has 0 radical (unpaired) electrons. The minimum atomic E-state index is -0.263. The molecule has 3 rings (SSSR count). The summed E-state index contributed by atoms with van der Waals surface area (Å²) in [4.78, 5) is 29.5. The highest BCUT2D eigenvalue weighted by Gasteiger charge is 2.16. The van der Waals surface area contributed by atoms with Crippen molar-refractivity contribution in [2.45, 2.75) is 25.8 Å². The second-order valence-electron chi connectivity index (χ2n) is 6.81. The van der Waals surface area contributed by atoms with Crippen molar-refractivity contribution in [2.75, 3.05) is 14.2 Å². The summed E-state index contributed by atoms with van der Waals surface area (Å²) < 4.78 is 12.2. The molecule has 2 aromatic carbocycles. The van der Waals surface area contributed by atoms with Gasteiger partial charge in [0.15, 0.2) is 0 Å². The van der Waals surface area contributed by atoms with Crippen molar-refractivity contribution in [1.82, 2.24) is 14.9 Å². The van der Waals surface area contributed by atoms with Crippen LogP contribution in [-0.2, 0) is 18.3 Å². The van der Waals surface area contributed by atoms with Crippen LogP contribution in [0.5, 0.6) is 11.5 Å². The van der Waals surface area contributed by atoms with Crippen LogP contribution in [0.2, 0.25) is 0 Å². The van der Waals surface area contributed by atoms with Gasteiger partial charge in [0.2, 0.25) is 5.91 Å². The first kappa shape index (κ1) is 20.4. The number of para-hydroxylation sites is 1. The quantitative estimate of drug-likeness (QED) is 0.665. The van der Waals surface area contributed by atoms with E-state index in [9.17, 15) is 9.59 Å². The lowest BCUT2D eigenvalue weighted by Gasteiger charge is -2.18. The number of fused-ring (bicyclic) bond motifs is 1. The lowest BCUT2D eigenvalue weighted by molar-refractivity contribution is -0.121. The molecule has 1 aromatic heterocycles. The minimum Gasteiger partial charge on any atom is -0.497 e. The Hall–Kier alpha value is -3.35. The Morgan fingerprint density at radius 2 is 1.93 bits per heavy atom. The third kappa shape index (κ3) is 4.39. The molecular weight excluding hydrogens is 370 g/mol. The normalized spacial score (nSPS) is 11.9. The summed E-state index contributed by atoms with van der Waals surface area (Å²) in [6.07, 6.45) is 0.583. The summed E-state index contributed by atoms with van der Waals surface area (Å²) in [5.74, 6) is 1.81. The summed E-state index contributed by atoms with van der Waals surface area (Å²) in [7, 11) is 4.86. The van der Waals surface area contributed by atoms with Gasteiger partial charge in [0.25, 0.3) is 5.56 Å². The van der Waals surface area contributed by atoms with Gasteiger partial charge in [-0.1, -0.05) is 12.1 Å². The number of amides is 1. The van der Waals surface area contributed by atoms with Gasteiger partial charge in [-0.15, -0.1) is 0 Å². The van der Waals surface area contributed by atoms with Crippen LogP contribution >= 0.6 is 0 Å². The number of carbonyl (C=O) groups excluding carboxylic acids is 1. The van der Waals surface area contributed by atoms with E-state index >= 15 is 0 Å². The molecule has 0 aliphatic rings. The molecule has 0 fully saturated rings. The van der Waals surface area contributed by atoms with Crippen LogP contribution in [-0.4, -0.2) is 29.7 Å². The molecule has 0 aliphatic carbocycles. The molecule has 152 valence electrons. The van der Waals surface area contributed by atoms with Crippen LogP contribution < -0.4 is 20.3 Å². The number of hydrogen-bond donors (Lipinski definition) is 1. The van der Waals surface area contributed by atoms with Gasteiger partial charge in [-0.25, -0.2) is 4.98 Å². The van der Waals surface area contributed by atoms with E-state index in [2.05, 4.69) is 10.3 Å². The Balaban J connectivity index is 1.71. The van der Waals surface area contributed by atoms with Crippen LogP contribution in [0.1, 0.15) is 30.8 Å². The fourth-order valence-corrected chi connectivity index (χ4v) is 3.28. The van der Waals surface area contributed by atoms with E-state index in [1.165, 1.54) is 4.57 Å². The van der Waals surface area contributed by atoms with Gasteiger partial charge in [-0.3, -0.25) is 14.2 Å². The number of ether oxygens (including phenoxy) is 2. The molecule has 3 aromatic rings. The average molecular weight is 395 g/mol. The third-order valence-electron chi connectivity index (χ3n) is 4.93. The SMILES string of the molecule is COc1ccc(OC)c([C@@H](C)NC(=O)CCc2nc3ccccc3c(=O)n2C)c1. The van der Waals surface area contributed by atoms with Crippen LogP contribution in [0, 0.1) is 0 Å². The molecule has 1 atom stereocenters. The average Bonchev–Trinajstić information content (AvgIpc) is 2.74. The Morgan fingerprint density at radius 1 is 1.17 bits per heavy atom. The topological polar surface area (TPSA) is 82.5 Å². The van der Waals surface area contributed by atoms with E-state index in [4.69, 9.17) is 9.47 Å². The third-order valence-corrected chi connectivity index (χ3v) is 4.93. The van der Waals surface area contributed by atoms with Crippen molar-refractivity contribution in [2.24, 2.45) is 7.05 Å². The molecule has 1 heterocycles. The molecule has 7 heteroatoms. The maximum Gasteiger partial charge on any atom is 0.261 e. The van der Waals surface area contributed by atoms with Crippen molar-refractivity contribution >= 4 is 16.8 Å². The number of nitrogens with zero attached hydrogens (tertiary/aromatic N) is 2. The van der Waals surface area contributed by atoms with Crippen LogP contribution in [0.4, 0.5) is 0 Å². The van der Waals surface area contributed by atoms with E-state index in [0.717, 1.165) is 5.56 Å². The highest BCUT2D eigenvalue weighted by atomic mass is 16.5. The number of carbonyl (C=O) groups is 1. The number of benzene rings is 2. The predicted molar refractivity (Wildman–Crippen MR) is 111 cm³/mol. The number of methoxy groups -OCH3 is 2. The predicted octanol–water partition coefficient (Wildman–Crippen LogP) is 2.76. The second kappa shape index (κ2) is 8.77. The number of aromatic nitrogens is 2. The molecule has 0 saturated heterocycles. The van der Waals surface area contributed by atoms with Gasteiger partial charge >= 0.3 is 0 Å². The standard InChI is InChI=1S/C22H25N3O4/c1-14(17-13-15(28-3)9-10-19(17)29-4)23-21(26)12-11-20-24-18-8-6-5-7-16(18)22(27)25(20)2/h5-10,13-14H,11-12H2,1-4H3,(H,23,26)/t14-/m1/s1. The summed E-state index contributed by atoms with van der Waals surface area (Å²) >= 11 is 0. The number of aryl methyl sites for hydroxylation is 1. The zero-order valence-electron chi connectivity index (χ0n) is 17.1. The lowest BCUT2D eigenvalue weighted by Crippen LogP contribution is -2.28. The first-order valence-electron chi connectivity index (χ1n) is 9.40. The second-order valence-corrected chi connectivity index (χ2v) is 6.81. The Kier molecular flexibility index (Phi) is 6.16. The summed E-state index contributed by atoms with van der Waals surface area (Å²) in [6.45, 7) is 1.89. The van der Waals surface area contributed by atoms with Crippen molar-refractivity contribution in [3.05, 3.63) is 64.2 Å². The lowest BCUT2D eigenvalue weighted by atomic mass is 10.1. The maximum absolute atomic E-state index is 12.5. The van der Waals surface area contributed by atoms with E-state index in [-0.39, 0.29) is 23.9 Å². The van der Waals surface area contributed by atoms with Gasteiger partial charge < -0.3 is 14.8 Å². The molecule has 0 unspecified atom stereocenters. The highest BCUT2D eigenvalue weighted by Crippen LogP contribution is 2.29. The Bertz CT molecular complexity index is 1090. The zero-order chi connectivity index (χ0) is 21.0. The van der Waals surface area contributed by atoms with E-state index in [0.29, 0.717) is 34.6 Å². The van der Waals surface area contributed by atoms with Crippen molar-refractivity contribution in [3.8, 4) is 11.5 Å². The molecule has 7 nitrogen and oxygen atoms in total. The molecule has 1 N–H and O–H groups in total. The number of hydrogen-bond acceptors (Lipinski definition) is 5. The molecule has 29 heavy (non-hydrogen) atoms. The summed E-state index contributed by atoms with van der Waals surface area (Å²) in [6, 6.07) is 12.4. The minimum absolute atomic E-state index is 0.111.